The molecule has 0 saturated carbocycles. The fourth-order valence-corrected chi connectivity index (χ4v) is 2.72. The van der Waals surface area contributed by atoms with Crippen molar-refractivity contribution in [2.75, 3.05) is 20.6 Å². The molecule has 0 rings (SSSR count). The van der Waals surface area contributed by atoms with E-state index in [9.17, 15) is 24.5 Å². The molecule has 0 aromatic rings. The number of hydrogen-bond donors (Lipinski definition) is 1. The summed E-state index contributed by atoms with van der Waals surface area (Å²) in [4.78, 5) is 49.4. The maximum absolute atomic E-state index is 12.9. The van der Waals surface area contributed by atoms with Gasteiger partial charge in [-0.3, -0.25) is 24.5 Å². The summed E-state index contributed by atoms with van der Waals surface area (Å²) in [6.07, 6.45) is 1.36. The summed E-state index contributed by atoms with van der Waals surface area (Å²) in [5.41, 5.74) is 5.44. The molecule has 1 unspecified atom stereocenters. The summed E-state index contributed by atoms with van der Waals surface area (Å²) in [5, 5.41) is 10.7. The minimum absolute atomic E-state index is 0.117. The molecule has 3 amide bonds. The Morgan fingerprint density at radius 3 is 2.12 bits per heavy atom. The fourth-order valence-electron chi connectivity index (χ4n) is 2.72. The second-order valence-corrected chi connectivity index (χ2v) is 6.30. The highest BCUT2D eigenvalue weighted by Crippen LogP contribution is 2.17. The van der Waals surface area contributed by atoms with Gasteiger partial charge in [-0.25, -0.2) is 0 Å². The number of primary amides is 1. The van der Waals surface area contributed by atoms with Crippen molar-refractivity contribution in [2.45, 2.75) is 58.5 Å². The molecule has 0 aliphatic rings. The number of nitrogens with zero attached hydrogens (tertiary/aromatic N) is 3. The number of likely N-dealkylation sites (N-methyl/N-ethyl adjacent to an activating group) is 2. The topological polar surface area (TPSA) is 127 Å². The SMILES string of the molecule is CCCC(=O)N(C)[C@H](CC[N+](=O)[O-])C(=O)N(C)[C@H](C(N)=O)C(C)CC. The smallest absolute Gasteiger partial charge is 0.246 e. The molecule has 0 bridgehead atoms. The molecular formula is C16H30N4O5. The Balaban J connectivity index is 5.52. The van der Waals surface area contributed by atoms with Gasteiger partial charge >= 0.3 is 0 Å². The summed E-state index contributed by atoms with van der Waals surface area (Å²) in [7, 11) is 2.90. The predicted octanol–water partition coefficient (Wildman–Crippen LogP) is 0.639. The van der Waals surface area contributed by atoms with Gasteiger partial charge in [0.15, 0.2) is 0 Å². The highest BCUT2D eigenvalue weighted by Gasteiger charge is 2.36. The molecule has 0 fully saturated rings. The molecule has 0 aromatic heterocycles. The van der Waals surface area contributed by atoms with Crippen molar-refractivity contribution in [1.82, 2.24) is 9.80 Å². The number of carbonyl (C=O) groups is 3. The van der Waals surface area contributed by atoms with Crippen LogP contribution in [0.25, 0.3) is 0 Å². The van der Waals surface area contributed by atoms with Crippen LogP contribution < -0.4 is 5.73 Å². The summed E-state index contributed by atoms with van der Waals surface area (Å²) >= 11 is 0. The molecular weight excluding hydrogens is 328 g/mol. The van der Waals surface area contributed by atoms with Gasteiger partial charge in [0.2, 0.25) is 24.3 Å². The standard InChI is InChI=1S/C16H30N4O5/c1-6-8-13(21)18(4)12(9-10-20(24)25)16(23)19(5)14(15(17)22)11(3)7-2/h11-12,14H,6-10H2,1-5H3,(H2,17,22)/t11?,12-,14+/m1/s1. The van der Waals surface area contributed by atoms with Crippen molar-refractivity contribution in [1.29, 1.82) is 0 Å². The Hall–Kier alpha value is -2.19. The highest BCUT2D eigenvalue weighted by molar-refractivity contribution is 5.91. The molecule has 9 heteroatoms. The van der Waals surface area contributed by atoms with E-state index >= 15 is 0 Å². The van der Waals surface area contributed by atoms with Crippen molar-refractivity contribution in [3.05, 3.63) is 10.1 Å². The maximum Gasteiger partial charge on any atom is 0.246 e. The van der Waals surface area contributed by atoms with Crippen molar-refractivity contribution in [3.63, 3.8) is 0 Å². The third-order valence-electron chi connectivity index (χ3n) is 4.43. The lowest BCUT2D eigenvalue weighted by Gasteiger charge is -2.35. The van der Waals surface area contributed by atoms with Crippen LogP contribution in [0.1, 0.15) is 46.5 Å². The van der Waals surface area contributed by atoms with Gasteiger partial charge in [-0.2, -0.15) is 0 Å². The summed E-state index contributed by atoms with van der Waals surface area (Å²) < 4.78 is 0. The van der Waals surface area contributed by atoms with Crippen LogP contribution in [0, 0.1) is 16.0 Å². The van der Waals surface area contributed by atoms with Crippen molar-refractivity contribution in [3.8, 4) is 0 Å². The normalized spacial score (nSPS) is 14.3. The van der Waals surface area contributed by atoms with Gasteiger partial charge in [-0.05, 0) is 12.3 Å². The monoisotopic (exact) mass is 358 g/mol. The lowest BCUT2D eigenvalue weighted by Crippen LogP contribution is -2.56. The van der Waals surface area contributed by atoms with E-state index < -0.39 is 35.4 Å². The predicted molar refractivity (Wildman–Crippen MR) is 93.2 cm³/mol. The molecule has 0 aromatic carbocycles. The maximum atomic E-state index is 12.9. The molecule has 0 aliphatic heterocycles. The van der Waals surface area contributed by atoms with Crippen molar-refractivity contribution >= 4 is 17.7 Å². The van der Waals surface area contributed by atoms with Gasteiger partial charge in [-0.15, -0.1) is 0 Å². The van der Waals surface area contributed by atoms with E-state index in [-0.39, 0.29) is 24.7 Å². The molecule has 0 radical (unpaired) electrons. The van der Waals surface area contributed by atoms with Crippen LogP contribution >= 0.6 is 0 Å². The average Bonchev–Trinajstić information content (AvgIpc) is 2.53. The zero-order chi connectivity index (χ0) is 19.7. The van der Waals surface area contributed by atoms with E-state index in [0.717, 1.165) is 0 Å². The Kier molecular flexibility index (Phi) is 9.70. The molecule has 0 heterocycles. The number of amides is 3. The molecule has 144 valence electrons. The number of hydrogen-bond acceptors (Lipinski definition) is 5. The molecule has 2 N–H and O–H groups in total. The van der Waals surface area contributed by atoms with Gasteiger partial charge in [0.1, 0.15) is 12.1 Å². The van der Waals surface area contributed by atoms with Gasteiger partial charge in [0.25, 0.3) is 0 Å². The summed E-state index contributed by atoms with van der Waals surface area (Å²) in [6.45, 7) is 5.06. The first-order valence-corrected chi connectivity index (χ1v) is 8.51. The molecule has 0 aliphatic carbocycles. The quantitative estimate of drug-likeness (QED) is 0.428. The Morgan fingerprint density at radius 2 is 1.72 bits per heavy atom. The van der Waals surface area contributed by atoms with E-state index in [2.05, 4.69) is 0 Å². The Bertz CT molecular complexity index is 497. The third-order valence-corrected chi connectivity index (χ3v) is 4.43. The van der Waals surface area contributed by atoms with Crippen LogP contribution in [-0.4, -0.2) is 65.2 Å². The molecule has 0 spiro atoms. The van der Waals surface area contributed by atoms with E-state index in [1.54, 1.807) is 6.92 Å². The first kappa shape index (κ1) is 22.8. The van der Waals surface area contributed by atoms with E-state index in [0.29, 0.717) is 12.8 Å². The second kappa shape index (κ2) is 10.6. The largest absolute Gasteiger partial charge is 0.368 e. The summed E-state index contributed by atoms with van der Waals surface area (Å²) in [5.74, 6) is -1.59. The zero-order valence-corrected chi connectivity index (χ0v) is 15.7. The Morgan fingerprint density at radius 1 is 1.16 bits per heavy atom. The van der Waals surface area contributed by atoms with E-state index in [1.165, 1.54) is 23.9 Å². The van der Waals surface area contributed by atoms with Gasteiger partial charge in [0, 0.05) is 31.9 Å². The van der Waals surface area contributed by atoms with Crippen molar-refractivity contribution < 1.29 is 19.3 Å². The van der Waals surface area contributed by atoms with E-state index in [4.69, 9.17) is 5.73 Å². The minimum atomic E-state index is -1.000. The molecule has 0 saturated heterocycles. The van der Waals surface area contributed by atoms with Gasteiger partial charge in [0.05, 0.1) is 0 Å². The second-order valence-electron chi connectivity index (χ2n) is 6.30. The van der Waals surface area contributed by atoms with Crippen LogP contribution in [0.4, 0.5) is 0 Å². The van der Waals surface area contributed by atoms with Crippen LogP contribution in [0.2, 0.25) is 0 Å². The zero-order valence-electron chi connectivity index (χ0n) is 15.7. The third kappa shape index (κ3) is 6.67. The van der Waals surface area contributed by atoms with Crippen molar-refractivity contribution in [2.24, 2.45) is 11.7 Å². The molecule has 25 heavy (non-hydrogen) atoms. The van der Waals surface area contributed by atoms with Crippen LogP contribution in [0.3, 0.4) is 0 Å². The average molecular weight is 358 g/mol. The van der Waals surface area contributed by atoms with E-state index in [1.807, 2.05) is 13.8 Å². The first-order chi connectivity index (χ1) is 11.6. The lowest BCUT2D eigenvalue weighted by atomic mass is 9.96. The first-order valence-electron chi connectivity index (χ1n) is 8.51. The number of nitro groups is 1. The fraction of sp³-hybridized carbons (Fsp3) is 0.812. The molecule has 3 atom stereocenters. The molecule has 9 nitrogen and oxygen atoms in total. The number of rotatable bonds is 11. The number of nitrogens with two attached hydrogens (primary N) is 1. The van der Waals surface area contributed by atoms with Crippen LogP contribution in [-0.2, 0) is 14.4 Å². The summed E-state index contributed by atoms with van der Waals surface area (Å²) in [6, 6.07) is -1.83. The minimum Gasteiger partial charge on any atom is -0.368 e. The van der Waals surface area contributed by atoms with Gasteiger partial charge in [-0.1, -0.05) is 27.2 Å². The van der Waals surface area contributed by atoms with Crippen LogP contribution in [0.5, 0.6) is 0 Å². The lowest BCUT2D eigenvalue weighted by molar-refractivity contribution is -0.481. The van der Waals surface area contributed by atoms with Crippen LogP contribution in [0.15, 0.2) is 0 Å². The number of carbonyl (C=O) groups excluding carboxylic acids is 3. The van der Waals surface area contributed by atoms with Gasteiger partial charge < -0.3 is 15.5 Å². The Labute approximate surface area is 148 Å². The highest BCUT2D eigenvalue weighted by atomic mass is 16.6.